The van der Waals surface area contributed by atoms with Gasteiger partial charge in [-0.2, -0.15) is 4.31 Å². The first-order chi connectivity index (χ1) is 12.1. The van der Waals surface area contributed by atoms with Gasteiger partial charge in [-0.05, 0) is 20.8 Å². The van der Waals surface area contributed by atoms with E-state index in [1.807, 2.05) is 0 Å². The van der Waals surface area contributed by atoms with Crippen molar-refractivity contribution in [1.82, 2.24) is 9.21 Å². The molecule has 1 aliphatic heterocycles. The first kappa shape index (κ1) is 23.4. The van der Waals surface area contributed by atoms with Crippen LogP contribution in [0, 0.1) is 13.8 Å². The Labute approximate surface area is 165 Å². The van der Waals surface area contributed by atoms with Crippen molar-refractivity contribution >= 4 is 34.3 Å². The van der Waals surface area contributed by atoms with Crippen LogP contribution in [-0.2, 0) is 19.6 Å². The van der Waals surface area contributed by atoms with Gasteiger partial charge in [-0.25, -0.2) is 13.2 Å². The highest BCUT2D eigenvalue weighted by Crippen LogP contribution is 2.30. The fourth-order valence-electron chi connectivity index (χ4n) is 3.02. The molecule has 1 amide bonds. The van der Waals surface area contributed by atoms with Gasteiger partial charge < -0.3 is 19.8 Å². The number of nitrogens with two attached hydrogens (primary N) is 1. The molecule has 1 aliphatic rings. The molecule has 0 saturated carbocycles. The highest BCUT2D eigenvalue weighted by atomic mass is 35.5. The van der Waals surface area contributed by atoms with Crippen molar-refractivity contribution in [3.05, 3.63) is 17.1 Å². The molecule has 0 radical (unpaired) electrons. The summed E-state index contributed by atoms with van der Waals surface area (Å²) in [5, 5.41) is 0. The third kappa shape index (κ3) is 4.81. The summed E-state index contributed by atoms with van der Waals surface area (Å²) in [7, 11) is -2.77. The molecule has 1 unspecified atom stereocenters. The van der Waals surface area contributed by atoms with Gasteiger partial charge in [-0.1, -0.05) is 0 Å². The fourth-order valence-corrected chi connectivity index (χ4v) is 4.82. The molecule has 2 rings (SSSR count). The van der Waals surface area contributed by atoms with Crippen LogP contribution in [0.25, 0.3) is 0 Å². The molecule has 2 heterocycles. The third-order valence-corrected chi connectivity index (χ3v) is 6.33. The van der Waals surface area contributed by atoms with Crippen LogP contribution >= 0.6 is 12.4 Å². The number of aryl methyl sites for hydroxylation is 2. The van der Waals surface area contributed by atoms with Crippen LogP contribution in [0.1, 0.15) is 35.2 Å². The van der Waals surface area contributed by atoms with E-state index in [0.29, 0.717) is 0 Å². The lowest BCUT2D eigenvalue weighted by molar-refractivity contribution is -0.132. The Morgan fingerprint density at radius 2 is 1.74 bits per heavy atom. The van der Waals surface area contributed by atoms with Crippen molar-refractivity contribution in [1.29, 1.82) is 0 Å². The number of furan rings is 1. The molecule has 9 nitrogen and oxygen atoms in total. The van der Waals surface area contributed by atoms with Crippen LogP contribution in [0.3, 0.4) is 0 Å². The van der Waals surface area contributed by atoms with Gasteiger partial charge in [0.1, 0.15) is 22.0 Å². The van der Waals surface area contributed by atoms with Crippen molar-refractivity contribution < 1.29 is 27.2 Å². The van der Waals surface area contributed by atoms with Gasteiger partial charge in [0.2, 0.25) is 15.9 Å². The van der Waals surface area contributed by atoms with E-state index >= 15 is 0 Å². The standard InChI is InChI=1S/C16H25N3O6S.ClH/c1-10(17)9-13(20)18-5-7-19(8-6-18)26(22,23)15-12(3)25-11(2)14(15)16(21)24-4;/h10H,5-9,17H2,1-4H3;1H. The Morgan fingerprint density at radius 1 is 1.19 bits per heavy atom. The number of amides is 1. The SMILES string of the molecule is COC(=O)c1c(C)oc(C)c1S(=O)(=O)N1CCN(C(=O)CC(C)N)CC1.Cl. The lowest BCUT2D eigenvalue weighted by Gasteiger charge is -2.34. The summed E-state index contributed by atoms with van der Waals surface area (Å²) in [6, 6.07) is -0.247. The van der Waals surface area contributed by atoms with E-state index in [1.54, 1.807) is 11.8 Å². The van der Waals surface area contributed by atoms with E-state index in [0.717, 1.165) is 0 Å². The maximum atomic E-state index is 13.1. The van der Waals surface area contributed by atoms with Gasteiger partial charge >= 0.3 is 5.97 Å². The molecule has 0 aromatic carbocycles. The number of halogens is 1. The lowest BCUT2D eigenvalue weighted by Crippen LogP contribution is -2.51. The minimum absolute atomic E-state index is 0. The molecule has 0 bridgehead atoms. The van der Waals surface area contributed by atoms with Crippen LogP contribution in [0.15, 0.2) is 9.31 Å². The number of esters is 1. The molecule has 27 heavy (non-hydrogen) atoms. The summed E-state index contributed by atoms with van der Waals surface area (Å²) in [6.45, 7) is 5.58. The zero-order valence-corrected chi connectivity index (χ0v) is 17.5. The van der Waals surface area contributed by atoms with E-state index in [4.69, 9.17) is 14.9 Å². The summed E-state index contributed by atoms with van der Waals surface area (Å²) in [6.07, 6.45) is 0.222. The van der Waals surface area contributed by atoms with E-state index < -0.39 is 16.0 Å². The summed E-state index contributed by atoms with van der Waals surface area (Å²) in [4.78, 5) is 25.5. The van der Waals surface area contributed by atoms with Crippen molar-refractivity contribution in [3.63, 3.8) is 0 Å². The van der Waals surface area contributed by atoms with Crippen molar-refractivity contribution in [2.75, 3.05) is 33.3 Å². The average Bonchev–Trinajstić information content (AvgIpc) is 2.88. The third-order valence-electron chi connectivity index (χ3n) is 4.28. The molecular weight excluding hydrogens is 398 g/mol. The molecule has 0 spiro atoms. The van der Waals surface area contributed by atoms with Crippen molar-refractivity contribution in [2.45, 2.75) is 38.1 Å². The first-order valence-corrected chi connectivity index (χ1v) is 9.75. The largest absolute Gasteiger partial charge is 0.465 e. The van der Waals surface area contributed by atoms with Crippen molar-refractivity contribution in [3.8, 4) is 0 Å². The number of rotatable bonds is 5. The van der Waals surface area contributed by atoms with Crippen molar-refractivity contribution in [2.24, 2.45) is 5.73 Å². The number of piperazine rings is 1. The second kappa shape index (κ2) is 9.05. The van der Waals surface area contributed by atoms with Gasteiger partial charge in [0.05, 0.1) is 7.11 Å². The number of hydrogen-bond acceptors (Lipinski definition) is 7. The Morgan fingerprint density at radius 3 is 2.22 bits per heavy atom. The average molecular weight is 424 g/mol. The number of nitrogens with zero attached hydrogens (tertiary/aromatic N) is 2. The van der Waals surface area contributed by atoms with Gasteiger partial charge in [0, 0.05) is 38.6 Å². The smallest absolute Gasteiger partial charge is 0.342 e. The Hall–Kier alpha value is -1.62. The fraction of sp³-hybridized carbons (Fsp3) is 0.625. The van der Waals surface area contributed by atoms with Crippen LogP contribution in [0.4, 0.5) is 0 Å². The summed E-state index contributed by atoms with van der Waals surface area (Å²) in [5.74, 6) is -0.525. The van der Waals surface area contributed by atoms with Crippen LogP contribution < -0.4 is 5.73 Å². The zero-order valence-electron chi connectivity index (χ0n) is 15.9. The maximum absolute atomic E-state index is 13.1. The molecule has 154 valence electrons. The van der Waals surface area contributed by atoms with Gasteiger partial charge in [0.25, 0.3) is 0 Å². The molecule has 1 atom stereocenters. The van der Waals surface area contributed by atoms with Gasteiger partial charge in [0.15, 0.2) is 0 Å². The lowest BCUT2D eigenvalue weighted by atomic mass is 10.2. The molecule has 1 saturated heterocycles. The zero-order chi connectivity index (χ0) is 19.6. The van der Waals surface area contributed by atoms with Crippen LogP contribution in [0.5, 0.6) is 0 Å². The minimum Gasteiger partial charge on any atom is -0.465 e. The quantitative estimate of drug-likeness (QED) is 0.690. The Bertz CT molecular complexity index is 797. The first-order valence-electron chi connectivity index (χ1n) is 8.31. The summed E-state index contributed by atoms with van der Waals surface area (Å²) >= 11 is 0. The molecular formula is C16H26ClN3O6S. The topological polar surface area (TPSA) is 123 Å². The summed E-state index contributed by atoms with van der Waals surface area (Å²) < 4.78 is 37.4. The predicted octanol–water partition coefficient (Wildman–Crippen LogP) is 0.675. The second-order valence-electron chi connectivity index (χ2n) is 6.38. The normalized spacial score (nSPS) is 16.6. The highest BCUT2D eigenvalue weighted by Gasteiger charge is 2.37. The molecule has 11 heteroatoms. The Kier molecular flexibility index (Phi) is 7.85. The van der Waals surface area contributed by atoms with Gasteiger partial charge in [-0.15, -0.1) is 12.4 Å². The van der Waals surface area contributed by atoms with Gasteiger partial charge in [-0.3, -0.25) is 4.79 Å². The Balaban J connectivity index is 0.00000364. The number of ether oxygens (including phenoxy) is 1. The van der Waals surface area contributed by atoms with E-state index in [-0.39, 0.29) is 78.9 Å². The number of sulfonamides is 1. The summed E-state index contributed by atoms with van der Waals surface area (Å²) in [5.41, 5.74) is 5.56. The minimum atomic E-state index is -3.95. The molecule has 1 fully saturated rings. The maximum Gasteiger partial charge on any atom is 0.342 e. The molecule has 1 aromatic heterocycles. The monoisotopic (exact) mass is 423 g/mol. The molecule has 1 aromatic rings. The molecule has 0 aliphatic carbocycles. The number of carbonyl (C=O) groups excluding carboxylic acids is 2. The second-order valence-corrected chi connectivity index (χ2v) is 8.25. The predicted molar refractivity (Wildman–Crippen MR) is 100 cm³/mol. The number of carbonyl (C=O) groups is 2. The van der Waals surface area contributed by atoms with Crippen LogP contribution in [-0.4, -0.2) is 68.8 Å². The number of hydrogen-bond donors (Lipinski definition) is 1. The van der Waals surface area contributed by atoms with E-state index in [9.17, 15) is 18.0 Å². The van der Waals surface area contributed by atoms with Crippen LogP contribution in [0.2, 0.25) is 0 Å². The van der Waals surface area contributed by atoms with E-state index in [1.165, 1.54) is 25.3 Å². The number of methoxy groups -OCH3 is 1. The van der Waals surface area contributed by atoms with E-state index in [2.05, 4.69) is 0 Å². The molecule has 2 N–H and O–H groups in total. The highest BCUT2D eigenvalue weighted by molar-refractivity contribution is 7.89.